The number of benzene rings is 2. The van der Waals surface area contributed by atoms with E-state index < -0.39 is 23.8 Å². The van der Waals surface area contributed by atoms with E-state index in [4.69, 9.17) is 11.2 Å². The molecule has 0 aliphatic carbocycles. The molecule has 0 saturated carbocycles. The van der Waals surface area contributed by atoms with E-state index >= 15 is 0 Å². The van der Waals surface area contributed by atoms with Crippen molar-refractivity contribution in [1.29, 1.82) is 0 Å². The maximum atomic E-state index is 14.2. The van der Waals surface area contributed by atoms with Gasteiger partial charge in [-0.1, -0.05) is 75.2 Å². The van der Waals surface area contributed by atoms with E-state index in [1.165, 1.54) is 0 Å². The van der Waals surface area contributed by atoms with Crippen molar-refractivity contribution >= 4 is 17.9 Å². The largest absolute Gasteiger partial charge is 0.444 e. The molecule has 204 valence electrons. The molecule has 0 aromatic heterocycles. The zero-order valence-corrected chi connectivity index (χ0v) is 23.6. The van der Waals surface area contributed by atoms with Gasteiger partial charge >= 0.3 is 6.09 Å². The molecule has 2 rings (SSSR count). The number of hydrogen-bond donors (Lipinski definition) is 2. The van der Waals surface area contributed by atoms with E-state index in [0.717, 1.165) is 5.56 Å². The summed E-state index contributed by atoms with van der Waals surface area (Å²) in [6.45, 7) is 13.1. The number of rotatable bonds is 10. The van der Waals surface area contributed by atoms with Crippen LogP contribution < -0.4 is 10.6 Å². The lowest BCUT2D eigenvalue weighted by Crippen LogP contribution is -2.57. The Labute approximate surface area is 227 Å². The lowest BCUT2D eigenvalue weighted by atomic mass is 9.94. The summed E-state index contributed by atoms with van der Waals surface area (Å²) in [7, 11) is 0. The number of hydrogen-bond acceptors (Lipinski definition) is 4. The zero-order valence-electron chi connectivity index (χ0n) is 23.6. The number of ether oxygens (including phenoxy) is 1. The number of alkyl carbamates (subject to hydrolysis) is 1. The first-order valence-electron chi connectivity index (χ1n) is 13.1. The number of terminal acetylenes is 1. The first-order chi connectivity index (χ1) is 17.9. The Balaban J connectivity index is 2.54. The molecule has 3 amide bonds. The third kappa shape index (κ3) is 8.37. The van der Waals surface area contributed by atoms with E-state index in [1.807, 2.05) is 58.0 Å². The molecule has 0 radical (unpaired) electrons. The normalized spacial score (nSPS) is 13.6. The lowest BCUT2D eigenvalue weighted by molar-refractivity contribution is -0.146. The Morgan fingerprint density at radius 3 is 2.16 bits per heavy atom. The maximum absolute atomic E-state index is 14.2. The average Bonchev–Trinajstić information content (AvgIpc) is 2.87. The summed E-state index contributed by atoms with van der Waals surface area (Å²) < 4.78 is 5.43. The highest BCUT2D eigenvalue weighted by atomic mass is 16.6. The molecule has 7 heteroatoms. The molecule has 2 N–H and O–H groups in total. The van der Waals surface area contributed by atoms with Crippen LogP contribution in [0.1, 0.15) is 77.6 Å². The molecule has 0 aliphatic rings. The number of nitrogens with zero attached hydrogens (tertiary/aromatic N) is 1. The quantitative estimate of drug-likeness (QED) is 0.422. The molecule has 7 nitrogen and oxygen atoms in total. The first kappa shape index (κ1) is 30.4. The predicted molar refractivity (Wildman–Crippen MR) is 150 cm³/mol. The summed E-state index contributed by atoms with van der Waals surface area (Å²) in [5.41, 5.74) is 1.28. The van der Waals surface area contributed by atoms with Crippen LogP contribution in [0.3, 0.4) is 0 Å². The van der Waals surface area contributed by atoms with Crippen LogP contribution in [0.2, 0.25) is 0 Å². The van der Waals surface area contributed by atoms with Gasteiger partial charge in [-0.05, 0) is 57.2 Å². The Morgan fingerprint density at radius 2 is 1.61 bits per heavy atom. The van der Waals surface area contributed by atoms with Crippen molar-refractivity contribution in [2.45, 2.75) is 85.2 Å². The summed E-state index contributed by atoms with van der Waals surface area (Å²) in [6, 6.07) is 14.4. The van der Waals surface area contributed by atoms with Gasteiger partial charge in [0, 0.05) is 18.2 Å². The number of amides is 3. The van der Waals surface area contributed by atoms with Crippen LogP contribution in [0.5, 0.6) is 0 Å². The predicted octanol–water partition coefficient (Wildman–Crippen LogP) is 5.20. The third-order valence-electron chi connectivity index (χ3n) is 6.17. The number of carbonyl (C=O) groups excluding carboxylic acids is 3. The van der Waals surface area contributed by atoms with Crippen LogP contribution in [0, 0.1) is 18.3 Å². The Hall–Kier alpha value is -3.79. The monoisotopic (exact) mass is 519 g/mol. The fraction of sp³-hybridized carbons (Fsp3) is 0.452. The maximum Gasteiger partial charge on any atom is 0.408 e. The summed E-state index contributed by atoms with van der Waals surface area (Å²) in [4.78, 5) is 42.3. The van der Waals surface area contributed by atoms with Crippen LogP contribution in [-0.2, 0) is 20.9 Å². The van der Waals surface area contributed by atoms with Crippen molar-refractivity contribution < 1.29 is 19.1 Å². The van der Waals surface area contributed by atoms with Crippen molar-refractivity contribution in [3.63, 3.8) is 0 Å². The number of carbonyl (C=O) groups is 3. The first-order valence-corrected chi connectivity index (χ1v) is 13.1. The highest BCUT2D eigenvalue weighted by Crippen LogP contribution is 2.29. The topological polar surface area (TPSA) is 87.7 Å². The van der Waals surface area contributed by atoms with E-state index in [0.29, 0.717) is 24.1 Å². The molecule has 0 bridgehead atoms. The Kier molecular flexibility index (Phi) is 10.9. The van der Waals surface area contributed by atoms with Gasteiger partial charge in [-0.15, -0.1) is 6.42 Å². The van der Waals surface area contributed by atoms with Crippen LogP contribution >= 0.6 is 0 Å². The van der Waals surface area contributed by atoms with Crippen molar-refractivity contribution in [3.05, 3.63) is 71.3 Å². The zero-order chi connectivity index (χ0) is 28.5. The van der Waals surface area contributed by atoms with Crippen LogP contribution in [0.4, 0.5) is 4.79 Å². The van der Waals surface area contributed by atoms with E-state index in [9.17, 15) is 14.4 Å². The summed E-state index contributed by atoms with van der Waals surface area (Å²) >= 11 is 0. The highest BCUT2D eigenvalue weighted by Gasteiger charge is 2.40. The van der Waals surface area contributed by atoms with E-state index in [1.54, 1.807) is 49.9 Å². The highest BCUT2D eigenvalue weighted by molar-refractivity contribution is 5.93. The van der Waals surface area contributed by atoms with E-state index in [-0.39, 0.29) is 23.8 Å². The summed E-state index contributed by atoms with van der Waals surface area (Å²) in [6.07, 6.45) is 5.71. The van der Waals surface area contributed by atoms with Crippen LogP contribution in [-0.4, -0.2) is 40.5 Å². The van der Waals surface area contributed by atoms with Gasteiger partial charge in [-0.25, -0.2) is 4.79 Å². The molecular weight excluding hydrogens is 478 g/mol. The molecule has 0 fully saturated rings. The second kappa shape index (κ2) is 13.7. The Morgan fingerprint density at radius 1 is 1.00 bits per heavy atom. The van der Waals surface area contributed by atoms with Gasteiger partial charge in [0.15, 0.2) is 0 Å². The third-order valence-corrected chi connectivity index (χ3v) is 6.17. The molecule has 3 unspecified atom stereocenters. The second-order valence-electron chi connectivity index (χ2n) is 10.7. The number of nitrogens with one attached hydrogen (secondary N) is 2. The molecule has 38 heavy (non-hydrogen) atoms. The van der Waals surface area contributed by atoms with Gasteiger partial charge in [0.05, 0.1) is 0 Å². The van der Waals surface area contributed by atoms with Crippen molar-refractivity contribution in [1.82, 2.24) is 15.5 Å². The van der Waals surface area contributed by atoms with Crippen molar-refractivity contribution in [3.8, 4) is 12.3 Å². The molecule has 0 saturated heterocycles. The van der Waals surface area contributed by atoms with E-state index in [2.05, 4.69) is 16.6 Å². The summed E-state index contributed by atoms with van der Waals surface area (Å²) in [5, 5.41) is 5.73. The van der Waals surface area contributed by atoms with Gasteiger partial charge in [-0.3, -0.25) is 9.59 Å². The summed E-state index contributed by atoms with van der Waals surface area (Å²) in [5.74, 6) is 1.65. The smallest absolute Gasteiger partial charge is 0.408 e. The average molecular weight is 520 g/mol. The molecule has 2 aromatic rings. The molecule has 0 spiro atoms. The fourth-order valence-corrected chi connectivity index (χ4v) is 4.07. The van der Waals surface area contributed by atoms with Gasteiger partial charge in [-0.2, -0.15) is 0 Å². The van der Waals surface area contributed by atoms with Gasteiger partial charge in [0.2, 0.25) is 11.8 Å². The SMILES string of the molecule is C#Cc1ccccc1C(C(=O)NCc1ccccc1)N(C(=O)C(NC(=O)OC(C)(C)C)C(C)C)C(C)CC. The van der Waals surface area contributed by atoms with Crippen LogP contribution in [0.15, 0.2) is 54.6 Å². The van der Waals surface area contributed by atoms with Crippen molar-refractivity contribution in [2.75, 3.05) is 0 Å². The molecule has 2 aromatic carbocycles. The van der Waals surface area contributed by atoms with Gasteiger partial charge in [0.25, 0.3) is 0 Å². The minimum absolute atomic E-state index is 0.266. The molecule has 3 atom stereocenters. The standard InChI is InChI=1S/C31H41N3O4/c1-9-22(5)34(29(36)26(21(3)4)33-30(37)38-31(6,7)8)27(25-19-15-14-18-24(25)10-2)28(35)32-20-23-16-12-11-13-17-23/h2,11-19,21-22,26-27H,9,20H2,1,3-8H3,(H,32,35)(H,33,37). The molecular formula is C31H41N3O4. The molecule has 0 aliphatic heterocycles. The minimum Gasteiger partial charge on any atom is -0.444 e. The second-order valence-corrected chi connectivity index (χ2v) is 10.7. The Bertz CT molecular complexity index is 1130. The van der Waals surface area contributed by atoms with Gasteiger partial charge < -0.3 is 20.3 Å². The van der Waals surface area contributed by atoms with Gasteiger partial charge in [0.1, 0.15) is 17.7 Å². The minimum atomic E-state index is -1.00. The lowest BCUT2D eigenvalue weighted by Gasteiger charge is -2.39. The van der Waals surface area contributed by atoms with Crippen molar-refractivity contribution in [2.24, 2.45) is 5.92 Å². The molecule has 0 heterocycles. The fourth-order valence-electron chi connectivity index (χ4n) is 4.07. The van der Waals surface area contributed by atoms with Crippen LogP contribution in [0.25, 0.3) is 0 Å².